The molecule has 24 heavy (non-hydrogen) atoms. The van der Waals surface area contributed by atoms with E-state index in [1.807, 2.05) is 0 Å². The number of hydrogen-bond acceptors (Lipinski definition) is 3. The molecule has 0 spiro atoms. The Hall–Kier alpha value is -1.44. The molecule has 2 aromatic rings. The maximum atomic E-state index is 12.5. The molecule has 0 unspecified atom stereocenters. The maximum absolute atomic E-state index is 12.5. The molecular weight excluding hydrogens is 384 g/mol. The lowest BCUT2D eigenvalue weighted by molar-refractivity contribution is -0.137. The number of halogens is 5. The van der Waals surface area contributed by atoms with E-state index < -0.39 is 11.7 Å². The molecular formula is C15H11Cl2F3N2OS. The van der Waals surface area contributed by atoms with Gasteiger partial charge in [0, 0.05) is 18.5 Å². The second kappa shape index (κ2) is 8.09. The molecule has 128 valence electrons. The first-order valence-electron chi connectivity index (χ1n) is 6.67. The molecule has 0 saturated carbocycles. The zero-order valence-corrected chi connectivity index (χ0v) is 14.4. The number of rotatable bonds is 5. The summed E-state index contributed by atoms with van der Waals surface area (Å²) < 4.78 is 37.6. The van der Waals surface area contributed by atoms with Crippen molar-refractivity contribution in [3.05, 3.63) is 57.7 Å². The predicted molar refractivity (Wildman–Crippen MR) is 88.8 cm³/mol. The molecule has 0 aliphatic carbocycles. The van der Waals surface area contributed by atoms with Crippen molar-refractivity contribution in [2.75, 3.05) is 12.3 Å². The summed E-state index contributed by atoms with van der Waals surface area (Å²) in [7, 11) is 0. The number of carbonyl (C=O) groups excluding carboxylic acids is 1. The van der Waals surface area contributed by atoms with Gasteiger partial charge in [-0.15, -0.1) is 11.8 Å². The Balaban J connectivity index is 1.87. The lowest BCUT2D eigenvalue weighted by Crippen LogP contribution is -2.26. The maximum Gasteiger partial charge on any atom is 0.417 e. The van der Waals surface area contributed by atoms with E-state index in [0.717, 1.165) is 24.0 Å². The Kier molecular flexibility index (Phi) is 6.37. The number of aromatic nitrogens is 1. The van der Waals surface area contributed by atoms with Crippen LogP contribution in [0.4, 0.5) is 13.2 Å². The number of thioether (sulfide) groups is 1. The van der Waals surface area contributed by atoms with Crippen LogP contribution >= 0.6 is 35.0 Å². The summed E-state index contributed by atoms with van der Waals surface area (Å²) in [4.78, 5) is 15.6. The van der Waals surface area contributed by atoms with Crippen molar-refractivity contribution in [3.63, 3.8) is 0 Å². The molecule has 0 radical (unpaired) electrons. The predicted octanol–water partition coefficient (Wildman–Crippen LogP) is 4.93. The highest BCUT2D eigenvalue weighted by molar-refractivity contribution is 7.99. The molecule has 1 amide bonds. The Morgan fingerprint density at radius 2 is 1.92 bits per heavy atom. The van der Waals surface area contributed by atoms with E-state index in [1.165, 1.54) is 0 Å². The second-order valence-corrected chi connectivity index (χ2v) is 6.49. The van der Waals surface area contributed by atoms with Crippen molar-refractivity contribution in [1.82, 2.24) is 10.3 Å². The first-order chi connectivity index (χ1) is 11.3. The van der Waals surface area contributed by atoms with Crippen molar-refractivity contribution in [1.29, 1.82) is 0 Å². The fourth-order valence-electron chi connectivity index (χ4n) is 1.74. The highest BCUT2D eigenvalue weighted by atomic mass is 35.5. The van der Waals surface area contributed by atoms with Gasteiger partial charge in [-0.05, 0) is 18.2 Å². The van der Waals surface area contributed by atoms with Gasteiger partial charge >= 0.3 is 6.18 Å². The number of hydrogen-bond donors (Lipinski definition) is 1. The van der Waals surface area contributed by atoms with Crippen molar-refractivity contribution < 1.29 is 18.0 Å². The molecule has 1 aromatic carbocycles. The monoisotopic (exact) mass is 394 g/mol. The largest absolute Gasteiger partial charge is 0.417 e. The lowest BCUT2D eigenvalue weighted by atomic mass is 10.2. The van der Waals surface area contributed by atoms with Crippen LogP contribution in [-0.4, -0.2) is 23.2 Å². The van der Waals surface area contributed by atoms with E-state index >= 15 is 0 Å². The lowest BCUT2D eigenvalue weighted by Gasteiger charge is -2.09. The van der Waals surface area contributed by atoms with Gasteiger partial charge in [0.2, 0.25) is 0 Å². The smallest absolute Gasteiger partial charge is 0.351 e. The minimum Gasteiger partial charge on any atom is -0.351 e. The first-order valence-corrected chi connectivity index (χ1v) is 8.41. The Morgan fingerprint density at radius 1 is 1.21 bits per heavy atom. The molecule has 0 atom stereocenters. The number of alkyl halides is 3. The van der Waals surface area contributed by atoms with Crippen LogP contribution in [0.2, 0.25) is 10.0 Å². The summed E-state index contributed by atoms with van der Waals surface area (Å²) in [5.41, 5.74) is -0.543. The van der Waals surface area contributed by atoms with Crippen LogP contribution < -0.4 is 5.32 Å². The molecule has 1 heterocycles. The molecule has 0 aliphatic rings. The number of pyridine rings is 1. The van der Waals surface area contributed by atoms with Gasteiger partial charge in [0.15, 0.2) is 0 Å². The van der Waals surface area contributed by atoms with E-state index in [0.29, 0.717) is 16.3 Å². The SMILES string of the molecule is O=C(NCCSc1ncc(C(F)(F)F)cc1Cl)c1ccccc1Cl. The number of benzene rings is 1. The standard InChI is InChI=1S/C15H11Cl2F3N2OS/c16-11-4-2-1-3-10(11)13(23)21-5-6-24-14-12(17)7-9(8-22-14)15(18,19)20/h1-4,7-8H,5-6H2,(H,21,23). The van der Waals surface area contributed by atoms with Crippen molar-refractivity contribution in [2.24, 2.45) is 0 Å². The number of amides is 1. The van der Waals surface area contributed by atoms with E-state index in [2.05, 4.69) is 10.3 Å². The van der Waals surface area contributed by atoms with E-state index in [1.54, 1.807) is 24.3 Å². The van der Waals surface area contributed by atoms with E-state index in [4.69, 9.17) is 23.2 Å². The third-order valence-electron chi connectivity index (χ3n) is 2.88. The van der Waals surface area contributed by atoms with Crippen LogP contribution in [0.15, 0.2) is 41.6 Å². The van der Waals surface area contributed by atoms with Crippen LogP contribution in [0, 0.1) is 0 Å². The third kappa shape index (κ3) is 5.03. The number of carbonyl (C=O) groups is 1. The highest BCUT2D eigenvalue weighted by Crippen LogP contribution is 2.33. The van der Waals surface area contributed by atoms with Gasteiger partial charge in [-0.2, -0.15) is 13.2 Å². The first kappa shape index (κ1) is 18.9. The molecule has 1 N–H and O–H groups in total. The molecule has 0 fully saturated rings. The molecule has 0 aliphatic heterocycles. The normalized spacial score (nSPS) is 11.4. The topological polar surface area (TPSA) is 42.0 Å². The molecule has 1 aromatic heterocycles. The summed E-state index contributed by atoms with van der Waals surface area (Å²) >= 11 is 12.9. The average Bonchev–Trinajstić information content (AvgIpc) is 2.52. The average molecular weight is 395 g/mol. The Bertz CT molecular complexity index is 741. The van der Waals surface area contributed by atoms with Crippen LogP contribution in [0.25, 0.3) is 0 Å². The van der Waals surface area contributed by atoms with Crippen molar-refractivity contribution in [2.45, 2.75) is 11.2 Å². The summed E-state index contributed by atoms with van der Waals surface area (Å²) in [5.74, 6) is 0.0709. The van der Waals surface area contributed by atoms with Crippen molar-refractivity contribution >= 4 is 40.9 Å². The zero-order valence-electron chi connectivity index (χ0n) is 12.0. The second-order valence-electron chi connectivity index (χ2n) is 4.59. The number of nitrogens with zero attached hydrogens (tertiary/aromatic N) is 1. The zero-order chi connectivity index (χ0) is 17.7. The summed E-state index contributed by atoms with van der Waals surface area (Å²) in [6.07, 6.45) is -3.75. The molecule has 0 saturated heterocycles. The Labute approximate surface area is 150 Å². The summed E-state index contributed by atoms with van der Waals surface area (Å²) in [6.45, 7) is 0.285. The molecule has 9 heteroatoms. The highest BCUT2D eigenvalue weighted by Gasteiger charge is 2.31. The van der Waals surface area contributed by atoms with Gasteiger partial charge in [0.25, 0.3) is 5.91 Å². The van der Waals surface area contributed by atoms with E-state index in [9.17, 15) is 18.0 Å². The minimum atomic E-state index is -4.48. The Morgan fingerprint density at radius 3 is 2.54 bits per heavy atom. The fourth-order valence-corrected chi connectivity index (χ4v) is 3.01. The van der Waals surface area contributed by atoms with Gasteiger partial charge in [0.05, 0.1) is 21.2 Å². The van der Waals surface area contributed by atoms with Crippen LogP contribution in [0.5, 0.6) is 0 Å². The molecule has 0 bridgehead atoms. The quantitative estimate of drug-likeness (QED) is 0.577. The third-order valence-corrected chi connectivity index (χ3v) is 4.62. The van der Waals surface area contributed by atoms with Crippen LogP contribution in [-0.2, 0) is 6.18 Å². The van der Waals surface area contributed by atoms with Gasteiger partial charge in [-0.3, -0.25) is 4.79 Å². The van der Waals surface area contributed by atoms with Gasteiger partial charge in [-0.25, -0.2) is 4.98 Å². The van der Waals surface area contributed by atoms with E-state index in [-0.39, 0.29) is 22.5 Å². The van der Waals surface area contributed by atoms with Gasteiger partial charge < -0.3 is 5.32 Å². The fraction of sp³-hybridized carbons (Fsp3) is 0.200. The van der Waals surface area contributed by atoms with Crippen LogP contribution in [0.1, 0.15) is 15.9 Å². The van der Waals surface area contributed by atoms with Gasteiger partial charge in [0.1, 0.15) is 5.03 Å². The summed E-state index contributed by atoms with van der Waals surface area (Å²) in [6, 6.07) is 7.45. The van der Waals surface area contributed by atoms with Gasteiger partial charge in [-0.1, -0.05) is 35.3 Å². The molecule has 2 rings (SSSR count). The minimum absolute atomic E-state index is 0.0766. The molecule has 3 nitrogen and oxygen atoms in total. The summed E-state index contributed by atoms with van der Waals surface area (Å²) in [5, 5.41) is 3.21. The van der Waals surface area contributed by atoms with Crippen molar-refractivity contribution in [3.8, 4) is 0 Å². The number of nitrogens with one attached hydrogen (secondary N) is 1. The van der Waals surface area contributed by atoms with Crippen LogP contribution in [0.3, 0.4) is 0 Å².